The number of nitrogens with zero attached hydrogens (tertiary/aromatic N) is 2. The Kier molecular flexibility index (Phi) is 11.1. The number of carbonyl (C=O) groups excluding carboxylic acids is 5. The second-order valence-electron chi connectivity index (χ2n) is 13.3. The highest BCUT2D eigenvalue weighted by Crippen LogP contribution is 2.36. The van der Waals surface area contributed by atoms with Crippen LogP contribution in [0.3, 0.4) is 0 Å². The van der Waals surface area contributed by atoms with Crippen molar-refractivity contribution in [2.24, 2.45) is 0 Å². The molecule has 2 aliphatic heterocycles. The molecule has 0 aliphatic carbocycles. The van der Waals surface area contributed by atoms with Gasteiger partial charge in [0.15, 0.2) is 0 Å². The molecule has 3 atom stereocenters. The fourth-order valence-electron chi connectivity index (χ4n) is 5.23. The van der Waals surface area contributed by atoms with E-state index >= 15 is 0 Å². The highest BCUT2D eigenvalue weighted by atomic mass is 32.2. The molecule has 0 spiro atoms. The fraction of sp³-hybridized carbons (Fsp3) is 0.545. The van der Waals surface area contributed by atoms with Gasteiger partial charge in [0.2, 0.25) is 5.91 Å². The van der Waals surface area contributed by atoms with Crippen molar-refractivity contribution in [3.05, 3.63) is 57.8 Å². The van der Waals surface area contributed by atoms with E-state index in [0.29, 0.717) is 42.7 Å². The third-order valence-corrected chi connectivity index (χ3v) is 9.62. The topological polar surface area (TPSA) is 122 Å². The van der Waals surface area contributed by atoms with Gasteiger partial charge in [0, 0.05) is 23.7 Å². The summed E-state index contributed by atoms with van der Waals surface area (Å²) in [6.45, 7) is 11.0. The molecule has 0 radical (unpaired) electrons. The molecule has 45 heavy (non-hydrogen) atoms. The minimum atomic E-state index is -0.817. The molecular weight excluding hydrogens is 615 g/mol. The maximum absolute atomic E-state index is 13.9. The average molecular weight is 658 g/mol. The van der Waals surface area contributed by atoms with Crippen LogP contribution in [0.2, 0.25) is 0 Å². The minimum absolute atomic E-state index is 0.0391. The summed E-state index contributed by atoms with van der Waals surface area (Å²) in [6, 6.07) is 9.17. The van der Waals surface area contributed by atoms with Gasteiger partial charge in [-0.25, -0.2) is 0 Å². The van der Waals surface area contributed by atoms with Crippen LogP contribution in [0.4, 0.5) is 0 Å². The van der Waals surface area contributed by atoms with E-state index in [1.807, 2.05) is 17.5 Å². The summed E-state index contributed by atoms with van der Waals surface area (Å²) in [7, 11) is 0. The summed E-state index contributed by atoms with van der Waals surface area (Å²) < 4.78 is 11.2. The van der Waals surface area contributed by atoms with Gasteiger partial charge in [-0.05, 0) is 84.4 Å². The van der Waals surface area contributed by atoms with Crippen LogP contribution in [0.25, 0.3) is 0 Å². The summed E-state index contributed by atoms with van der Waals surface area (Å²) in [5, 5.41) is 5.21. The van der Waals surface area contributed by atoms with Crippen LogP contribution in [0, 0.1) is 0 Å². The van der Waals surface area contributed by atoms with E-state index in [1.54, 1.807) is 88.9 Å². The highest BCUT2D eigenvalue weighted by molar-refractivity contribution is 7.99. The molecule has 3 amide bonds. The maximum atomic E-state index is 13.9. The molecule has 3 heterocycles. The second kappa shape index (κ2) is 14.5. The van der Waals surface area contributed by atoms with E-state index < -0.39 is 35.2 Å². The van der Waals surface area contributed by atoms with Crippen LogP contribution >= 0.6 is 23.1 Å². The SMILES string of the molecule is CC(C)(C)OC(=O)CN1C[C@@H](c2cccs2)SC[C@H](NC(CCCCN2C(=O)c3ccccc3C2=O)C(=O)OC(C)(C)C)C1=O. The lowest BCUT2D eigenvalue weighted by Gasteiger charge is -2.30. The first-order valence-electron chi connectivity index (χ1n) is 15.2. The van der Waals surface area contributed by atoms with Gasteiger partial charge < -0.3 is 14.4 Å². The first-order valence-corrected chi connectivity index (χ1v) is 17.2. The molecule has 244 valence electrons. The largest absolute Gasteiger partial charge is 0.459 e. The Morgan fingerprint density at radius 2 is 1.58 bits per heavy atom. The summed E-state index contributed by atoms with van der Waals surface area (Å²) >= 11 is 3.20. The van der Waals surface area contributed by atoms with Gasteiger partial charge in [-0.2, -0.15) is 0 Å². The predicted molar refractivity (Wildman–Crippen MR) is 174 cm³/mol. The highest BCUT2D eigenvalue weighted by Gasteiger charge is 2.38. The number of nitrogens with one attached hydrogen (secondary N) is 1. The third-order valence-electron chi connectivity index (χ3n) is 7.16. The fourth-order valence-corrected chi connectivity index (χ4v) is 7.49. The van der Waals surface area contributed by atoms with Crippen molar-refractivity contribution in [1.29, 1.82) is 0 Å². The van der Waals surface area contributed by atoms with Gasteiger partial charge in [0.1, 0.15) is 23.8 Å². The lowest BCUT2D eigenvalue weighted by atomic mass is 10.1. The molecule has 2 aliphatic rings. The van der Waals surface area contributed by atoms with E-state index in [2.05, 4.69) is 5.32 Å². The second-order valence-corrected chi connectivity index (χ2v) is 15.5. The number of imide groups is 1. The van der Waals surface area contributed by atoms with Gasteiger partial charge in [0.05, 0.1) is 22.4 Å². The van der Waals surface area contributed by atoms with Crippen molar-refractivity contribution in [2.75, 3.05) is 25.4 Å². The van der Waals surface area contributed by atoms with Crippen molar-refractivity contribution < 1.29 is 33.4 Å². The number of esters is 2. The molecule has 1 unspecified atom stereocenters. The molecule has 1 saturated heterocycles. The molecule has 1 aromatic carbocycles. The smallest absolute Gasteiger partial charge is 0.326 e. The molecule has 2 aromatic rings. The number of hydrogen-bond donors (Lipinski definition) is 1. The number of ether oxygens (including phenoxy) is 2. The van der Waals surface area contributed by atoms with Crippen molar-refractivity contribution in [1.82, 2.24) is 15.1 Å². The monoisotopic (exact) mass is 657 g/mol. The number of benzene rings is 1. The van der Waals surface area contributed by atoms with E-state index in [4.69, 9.17) is 9.47 Å². The number of thioether (sulfide) groups is 1. The zero-order valence-electron chi connectivity index (χ0n) is 26.8. The lowest BCUT2D eigenvalue weighted by Crippen LogP contribution is -2.54. The Morgan fingerprint density at radius 1 is 0.933 bits per heavy atom. The zero-order valence-corrected chi connectivity index (χ0v) is 28.4. The summed E-state index contributed by atoms with van der Waals surface area (Å²) in [5.41, 5.74) is -0.638. The summed E-state index contributed by atoms with van der Waals surface area (Å²) in [5.74, 6) is -1.51. The van der Waals surface area contributed by atoms with Crippen LogP contribution in [-0.2, 0) is 23.9 Å². The number of carbonyl (C=O) groups is 5. The Hall–Kier alpha value is -3.22. The number of amides is 3. The van der Waals surface area contributed by atoms with E-state index in [0.717, 1.165) is 4.88 Å². The molecule has 1 aromatic heterocycles. The molecule has 0 saturated carbocycles. The van der Waals surface area contributed by atoms with Crippen LogP contribution < -0.4 is 5.32 Å². The summed E-state index contributed by atoms with van der Waals surface area (Å²) in [6.07, 6.45) is 1.30. The van der Waals surface area contributed by atoms with Gasteiger partial charge in [-0.15, -0.1) is 23.1 Å². The Bertz CT molecular complexity index is 1360. The van der Waals surface area contributed by atoms with Gasteiger partial charge >= 0.3 is 11.9 Å². The molecule has 10 nitrogen and oxygen atoms in total. The van der Waals surface area contributed by atoms with Crippen molar-refractivity contribution >= 4 is 52.8 Å². The molecular formula is C33H43N3O7S2. The first-order chi connectivity index (χ1) is 21.1. The first kappa shape index (κ1) is 34.6. The van der Waals surface area contributed by atoms with Gasteiger partial charge in [0.25, 0.3) is 11.8 Å². The normalized spacial score (nSPS) is 19.7. The minimum Gasteiger partial charge on any atom is -0.459 e. The Balaban J connectivity index is 1.46. The van der Waals surface area contributed by atoms with Gasteiger partial charge in [-0.1, -0.05) is 18.2 Å². The van der Waals surface area contributed by atoms with Crippen LogP contribution in [-0.4, -0.2) is 88.1 Å². The van der Waals surface area contributed by atoms with Crippen molar-refractivity contribution in [3.63, 3.8) is 0 Å². The number of fused-ring (bicyclic) bond motifs is 1. The Labute approximate surface area is 273 Å². The number of thiophene rings is 1. The molecule has 1 N–H and O–H groups in total. The zero-order chi connectivity index (χ0) is 32.9. The average Bonchev–Trinajstić information content (AvgIpc) is 3.52. The molecule has 4 rings (SSSR count). The number of unbranched alkanes of at least 4 members (excludes halogenated alkanes) is 1. The predicted octanol–water partition coefficient (Wildman–Crippen LogP) is 4.84. The van der Waals surface area contributed by atoms with Crippen LogP contribution in [0.15, 0.2) is 41.8 Å². The van der Waals surface area contributed by atoms with E-state index in [9.17, 15) is 24.0 Å². The third kappa shape index (κ3) is 9.40. The van der Waals surface area contributed by atoms with Crippen LogP contribution in [0.5, 0.6) is 0 Å². The number of rotatable bonds is 11. The molecule has 1 fully saturated rings. The van der Waals surface area contributed by atoms with Crippen LogP contribution in [0.1, 0.15) is 91.6 Å². The van der Waals surface area contributed by atoms with Crippen molar-refractivity contribution in [2.45, 2.75) is 89.3 Å². The van der Waals surface area contributed by atoms with E-state index in [-0.39, 0.29) is 36.1 Å². The molecule has 0 bridgehead atoms. The summed E-state index contributed by atoms with van der Waals surface area (Å²) in [4.78, 5) is 69.5. The lowest BCUT2D eigenvalue weighted by molar-refractivity contribution is -0.160. The maximum Gasteiger partial charge on any atom is 0.326 e. The Morgan fingerprint density at radius 3 is 2.16 bits per heavy atom. The quantitative estimate of drug-likeness (QED) is 0.206. The molecule has 12 heteroatoms. The van der Waals surface area contributed by atoms with Crippen molar-refractivity contribution in [3.8, 4) is 0 Å². The number of hydrogen-bond acceptors (Lipinski definition) is 10. The standard InChI is InChI=1S/C33H43N3O7S2/c1-32(2,3)42-27(37)19-35-18-26(25-15-11-17-44-25)45-20-24(30(35)40)34-23(31(41)43-33(4,5)6)14-9-10-16-36-28(38)21-12-7-8-13-22(21)29(36)39/h7-8,11-13,15,17,23-24,26,34H,9-10,14,16,18-20H2,1-6H3/t23?,24-,26-/m0/s1. The van der Waals surface area contributed by atoms with E-state index in [1.165, 1.54) is 9.80 Å². The van der Waals surface area contributed by atoms with Gasteiger partial charge in [-0.3, -0.25) is 34.2 Å².